The zero-order valence-electron chi connectivity index (χ0n) is 36.1. The molecular weight excluding hydrogens is 807 g/mol. The molecule has 7 aliphatic rings. The number of thioether (sulfide) groups is 1. The van der Waals surface area contributed by atoms with Gasteiger partial charge in [-0.2, -0.15) is 5.26 Å². The van der Waals surface area contributed by atoms with E-state index in [0.717, 1.165) is 82.1 Å². The lowest BCUT2D eigenvalue weighted by atomic mass is 9.71. The van der Waals surface area contributed by atoms with E-state index in [1.807, 2.05) is 39.1 Å². The number of nitriles is 1. The van der Waals surface area contributed by atoms with Crippen molar-refractivity contribution in [3.8, 4) is 34.8 Å². The zero-order chi connectivity index (χ0) is 43.0. The van der Waals surface area contributed by atoms with Crippen molar-refractivity contribution in [2.45, 2.75) is 113 Å². The van der Waals surface area contributed by atoms with Crippen molar-refractivity contribution in [3.63, 3.8) is 0 Å². The average molecular weight is 862 g/mol. The number of aromatic hydroxyl groups is 1. The number of aromatic amines is 1. The Bertz CT molecular complexity index is 2520. The molecule has 0 amide bonds. The number of piperazine rings is 1. The van der Waals surface area contributed by atoms with Gasteiger partial charge in [-0.25, -0.2) is 0 Å². The largest absolute Gasteiger partial charge is 0.504 e. The summed E-state index contributed by atoms with van der Waals surface area (Å²) >= 11 is 1.62. The Morgan fingerprint density at radius 2 is 1.90 bits per heavy atom. The van der Waals surface area contributed by atoms with E-state index in [1.165, 1.54) is 0 Å². The van der Waals surface area contributed by atoms with Crippen LogP contribution in [0.5, 0.6) is 28.7 Å². The molecule has 326 valence electrons. The van der Waals surface area contributed by atoms with Gasteiger partial charge in [0.25, 0.3) is 0 Å². The number of unbranched alkanes of at least 4 members (excludes halogenated alkanes) is 4. The van der Waals surface area contributed by atoms with Crippen molar-refractivity contribution in [1.82, 2.24) is 20.1 Å². The number of aromatic nitrogens is 1. The average Bonchev–Trinajstić information content (AvgIpc) is 3.90. The zero-order valence-corrected chi connectivity index (χ0v) is 36.9. The summed E-state index contributed by atoms with van der Waals surface area (Å²) in [5.41, 5.74) is 6.49. The number of methoxy groups -OCH3 is 1. The van der Waals surface area contributed by atoms with Crippen LogP contribution in [0.4, 0.5) is 0 Å². The molecule has 7 aliphatic heterocycles. The first-order chi connectivity index (χ1) is 30.1. The number of carbonyl (C=O) groups is 2. The van der Waals surface area contributed by atoms with Crippen LogP contribution < -0.4 is 24.3 Å². The molecule has 4 bridgehead atoms. The number of likely N-dealkylation sites (N-methyl/N-ethyl adjacent to an activating group) is 1. The van der Waals surface area contributed by atoms with Gasteiger partial charge in [-0.3, -0.25) is 24.7 Å². The van der Waals surface area contributed by atoms with E-state index in [1.54, 1.807) is 18.9 Å². The van der Waals surface area contributed by atoms with Gasteiger partial charge >= 0.3 is 5.97 Å². The predicted molar refractivity (Wildman–Crippen MR) is 234 cm³/mol. The molecule has 0 saturated carbocycles. The highest BCUT2D eigenvalue weighted by Gasteiger charge is 2.61. The lowest BCUT2D eigenvalue weighted by molar-refractivity contribution is -0.135. The maximum absolute atomic E-state index is 15.0. The number of esters is 1. The molecule has 8 heterocycles. The molecule has 4 aromatic rings. The Balaban J connectivity index is 1.21. The number of fused-ring (bicyclic) bond motifs is 12. The quantitative estimate of drug-likeness (QED) is 0.0934. The number of para-hydroxylation sites is 1. The molecular formula is C48H55N5O8S. The molecule has 0 aliphatic carbocycles. The molecule has 14 heteroatoms. The Hall–Kier alpha value is -4.78. The molecule has 7 atom stereocenters. The number of carbonyl (C=O) groups excluding carboxylic acids is 2. The van der Waals surface area contributed by atoms with Gasteiger partial charge in [-0.15, -0.1) is 11.8 Å². The van der Waals surface area contributed by atoms with Gasteiger partial charge in [0.1, 0.15) is 23.9 Å². The van der Waals surface area contributed by atoms with Gasteiger partial charge in [0.2, 0.25) is 6.79 Å². The Morgan fingerprint density at radius 1 is 1.10 bits per heavy atom. The fraction of sp³-hybridized carbons (Fsp3) is 0.521. The number of rotatable bonds is 8. The number of hydrogen-bond acceptors (Lipinski definition) is 13. The second-order valence-corrected chi connectivity index (χ2v) is 18.9. The summed E-state index contributed by atoms with van der Waals surface area (Å²) in [7, 11) is 3.62. The van der Waals surface area contributed by atoms with Crippen LogP contribution >= 0.6 is 11.8 Å². The second kappa shape index (κ2) is 16.1. The fourth-order valence-corrected chi connectivity index (χ4v) is 13.4. The second-order valence-electron chi connectivity index (χ2n) is 17.8. The normalized spacial score (nSPS) is 27.5. The maximum atomic E-state index is 15.0. The predicted octanol–water partition coefficient (Wildman–Crippen LogP) is 7.14. The Labute approximate surface area is 366 Å². The molecule has 2 fully saturated rings. The first kappa shape index (κ1) is 41.2. The number of phenols is 1. The van der Waals surface area contributed by atoms with Crippen LogP contribution in [-0.2, 0) is 32.7 Å². The topological polar surface area (TPSA) is 159 Å². The van der Waals surface area contributed by atoms with Crippen LogP contribution in [0.25, 0.3) is 10.9 Å². The summed E-state index contributed by atoms with van der Waals surface area (Å²) in [5, 5.41) is 27.9. The third kappa shape index (κ3) is 6.17. The smallest absolute Gasteiger partial charge is 0.311 e. The van der Waals surface area contributed by atoms with Crippen molar-refractivity contribution in [1.29, 1.82) is 5.26 Å². The molecule has 1 unspecified atom stereocenters. The molecule has 3 N–H and O–H groups in total. The number of benzene rings is 3. The molecule has 1 aromatic heterocycles. The van der Waals surface area contributed by atoms with Crippen LogP contribution in [0, 0.1) is 25.2 Å². The summed E-state index contributed by atoms with van der Waals surface area (Å²) in [6.07, 6.45) is 6.48. The minimum absolute atomic E-state index is 0.0169. The van der Waals surface area contributed by atoms with Crippen molar-refractivity contribution in [3.05, 3.63) is 75.0 Å². The summed E-state index contributed by atoms with van der Waals surface area (Å²) < 4.78 is 31.7. The number of hydrogen-bond donors (Lipinski definition) is 3. The number of nitrogens with one attached hydrogen (secondary N) is 2. The van der Waals surface area contributed by atoms with Gasteiger partial charge in [-0.1, -0.05) is 56.9 Å². The number of aryl methyl sites for hydroxylation is 1. The van der Waals surface area contributed by atoms with E-state index in [4.69, 9.17) is 23.7 Å². The van der Waals surface area contributed by atoms with Crippen molar-refractivity contribution in [2.24, 2.45) is 0 Å². The monoisotopic (exact) mass is 861 g/mol. The van der Waals surface area contributed by atoms with E-state index >= 15 is 4.79 Å². The van der Waals surface area contributed by atoms with Crippen molar-refractivity contribution >= 4 is 34.4 Å². The Morgan fingerprint density at radius 3 is 2.71 bits per heavy atom. The van der Waals surface area contributed by atoms with Gasteiger partial charge < -0.3 is 33.8 Å². The molecule has 11 rings (SSSR count). The minimum atomic E-state index is -1.16. The van der Waals surface area contributed by atoms with Gasteiger partial charge in [0.05, 0.1) is 37.1 Å². The van der Waals surface area contributed by atoms with Crippen LogP contribution in [0.2, 0.25) is 0 Å². The first-order valence-electron chi connectivity index (χ1n) is 22.2. The summed E-state index contributed by atoms with van der Waals surface area (Å²) in [6, 6.07) is 10.6. The van der Waals surface area contributed by atoms with E-state index in [9.17, 15) is 15.2 Å². The highest BCUT2D eigenvalue weighted by molar-refractivity contribution is 7.99. The molecule has 13 nitrogen and oxygen atoms in total. The van der Waals surface area contributed by atoms with Crippen molar-refractivity contribution < 1.29 is 38.4 Å². The third-order valence-electron chi connectivity index (χ3n) is 14.5. The number of Topliss-reactive ketones (excluding diaryl/α,β-unsaturated/α-hetero) is 1. The molecule has 62 heavy (non-hydrogen) atoms. The number of ether oxygens (including phenoxy) is 5. The molecule has 2 saturated heterocycles. The Kier molecular flexibility index (Phi) is 10.7. The van der Waals surface area contributed by atoms with E-state index in [2.05, 4.69) is 45.2 Å². The highest BCUT2D eigenvalue weighted by Crippen LogP contribution is 2.64. The highest BCUT2D eigenvalue weighted by atomic mass is 32.2. The summed E-state index contributed by atoms with van der Waals surface area (Å²) in [4.78, 5) is 37.3. The van der Waals surface area contributed by atoms with Gasteiger partial charge in [-0.05, 0) is 62.9 Å². The lowest BCUT2D eigenvalue weighted by Crippen LogP contribution is -2.69. The van der Waals surface area contributed by atoms with Crippen LogP contribution in [0.1, 0.15) is 107 Å². The summed E-state index contributed by atoms with van der Waals surface area (Å²) in [6.45, 7) is 6.46. The van der Waals surface area contributed by atoms with Crippen LogP contribution in [0.3, 0.4) is 0 Å². The molecule has 3 aromatic carbocycles. The maximum Gasteiger partial charge on any atom is 0.311 e. The minimum Gasteiger partial charge on any atom is -0.504 e. The lowest BCUT2D eigenvalue weighted by Gasteiger charge is -2.61. The fourth-order valence-electron chi connectivity index (χ4n) is 11.7. The molecule has 0 radical (unpaired) electrons. The first-order valence-corrected chi connectivity index (χ1v) is 23.2. The number of ketones is 1. The number of nitrogens with zero attached hydrogens (tertiary/aromatic N) is 3. The summed E-state index contributed by atoms with van der Waals surface area (Å²) in [5.74, 6) is 1.85. The standard InChI is InChI=1S/C48H55N5O8S/c1-6-7-8-9-10-15-35(55)61-43-26(3)44-45(60-24-59-44)37-33-21-58-22-34(54)48(47-29(16-17-50-48)28-13-11-12-14-30(28)51-47)23-62-46(38(37)43)40-39-36-27(18-25(2)42(57-5)41(36)56)19-31(52(39)4)32(20-49)53(33)40/h11-14,18,31-33,39-40,46,50-51,56H,6-10,15-17,19,21-24H2,1-5H3/t31-,32+,33-,39-,40?,46-,48+/m1/s1. The number of phenolic OH excluding ortho intramolecular Hbond substituents is 1. The van der Waals surface area contributed by atoms with E-state index in [0.29, 0.717) is 53.7 Å². The number of H-pyrrole nitrogens is 1. The van der Waals surface area contributed by atoms with E-state index in [-0.39, 0.29) is 50.0 Å². The molecule has 1 spiro atoms. The van der Waals surface area contributed by atoms with E-state index < -0.39 is 35.0 Å². The SMILES string of the molecule is CCCCCCCC(=O)Oc1c(C)c2c(c3c1[C@H]1SC[C@]4(NCCc5c4[nH]c4ccccc54)C(=O)COC[C@H]3N3C1[C@H]1c4c(cc(C)c(OC)c4O)C[C@H]([C@@H]3C#N)N1C)OCO2. The van der Waals surface area contributed by atoms with Gasteiger partial charge in [0, 0.05) is 69.7 Å². The van der Waals surface area contributed by atoms with Crippen LogP contribution in [0.15, 0.2) is 30.3 Å². The van der Waals surface area contributed by atoms with Crippen LogP contribution in [-0.4, -0.2) is 96.2 Å². The van der Waals surface area contributed by atoms with Gasteiger partial charge in [0.15, 0.2) is 28.8 Å². The van der Waals surface area contributed by atoms with Crippen molar-refractivity contribution in [2.75, 3.05) is 46.5 Å². The third-order valence-corrected chi connectivity index (χ3v) is 16.0.